The Bertz CT molecular complexity index is 368. The minimum atomic E-state index is 0.974. The number of hydrogen-bond acceptors (Lipinski definition) is 1. The van der Waals surface area contributed by atoms with Crippen LogP contribution in [-0.2, 0) is 0 Å². The highest BCUT2D eigenvalue weighted by molar-refractivity contribution is 5.61. The van der Waals surface area contributed by atoms with Gasteiger partial charge in [0.1, 0.15) is 0 Å². The van der Waals surface area contributed by atoms with Crippen LogP contribution in [0, 0.1) is 13.8 Å². The molecule has 1 aliphatic heterocycles. The SMILES string of the molecule is Cc1cccc(C)c1N1C=CC=CC1. The van der Waals surface area contributed by atoms with Gasteiger partial charge in [0.05, 0.1) is 0 Å². The molecule has 1 heteroatoms. The standard InChI is InChI=1S/C13H15N/c1-11-7-6-8-12(2)13(11)14-9-4-3-5-10-14/h3-9H,10H2,1-2H3. The lowest BCUT2D eigenvalue weighted by atomic mass is 10.1. The lowest BCUT2D eigenvalue weighted by Crippen LogP contribution is -2.19. The normalized spacial score (nSPS) is 14.9. The van der Waals surface area contributed by atoms with E-state index in [1.807, 2.05) is 0 Å². The van der Waals surface area contributed by atoms with Gasteiger partial charge in [-0.25, -0.2) is 0 Å². The topological polar surface area (TPSA) is 3.24 Å². The summed E-state index contributed by atoms with van der Waals surface area (Å²) in [5.74, 6) is 0. The molecule has 0 saturated heterocycles. The van der Waals surface area contributed by atoms with E-state index in [1.165, 1.54) is 16.8 Å². The fourth-order valence-electron chi connectivity index (χ4n) is 1.89. The van der Waals surface area contributed by atoms with E-state index in [2.05, 4.69) is 61.4 Å². The molecule has 0 atom stereocenters. The molecule has 1 heterocycles. The van der Waals surface area contributed by atoms with Gasteiger partial charge in [0.2, 0.25) is 0 Å². The molecule has 1 aromatic carbocycles. The van der Waals surface area contributed by atoms with Crippen LogP contribution in [0.1, 0.15) is 11.1 Å². The maximum atomic E-state index is 2.28. The van der Waals surface area contributed by atoms with Crippen molar-refractivity contribution < 1.29 is 0 Å². The third-order valence-corrected chi connectivity index (χ3v) is 2.54. The fraction of sp³-hybridized carbons (Fsp3) is 0.231. The zero-order valence-corrected chi connectivity index (χ0v) is 8.70. The highest BCUT2D eigenvalue weighted by Crippen LogP contribution is 2.25. The van der Waals surface area contributed by atoms with E-state index in [4.69, 9.17) is 0 Å². The largest absolute Gasteiger partial charge is 0.344 e. The second-order valence-corrected chi connectivity index (χ2v) is 3.66. The Hall–Kier alpha value is -1.50. The molecule has 1 aliphatic rings. The summed E-state index contributed by atoms with van der Waals surface area (Å²) in [6.45, 7) is 5.30. The Morgan fingerprint density at radius 1 is 1.07 bits per heavy atom. The van der Waals surface area contributed by atoms with Crippen molar-refractivity contribution in [2.24, 2.45) is 0 Å². The summed E-state index contributed by atoms with van der Waals surface area (Å²) in [7, 11) is 0. The smallest absolute Gasteiger partial charge is 0.0468 e. The minimum absolute atomic E-state index is 0.974. The minimum Gasteiger partial charge on any atom is -0.344 e. The van der Waals surface area contributed by atoms with Crippen LogP contribution in [0.3, 0.4) is 0 Å². The van der Waals surface area contributed by atoms with Crippen LogP contribution in [0.4, 0.5) is 5.69 Å². The third-order valence-electron chi connectivity index (χ3n) is 2.54. The van der Waals surface area contributed by atoms with E-state index in [0.717, 1.165) is 6.54 Å². The van der Waals surface area contributed by atoms with Gasteiger partial charge in [-0.05, 0) is 31.1 Å². The van der Waals surface area contributed by atoms with Crippen molar-refractivity contribution in [2.45, 2.75) is 13.8 Å². The number of aryl methyl sites for hydroxylation is 2. The quantitative estimate of drug-likeness (QED) is 0.649. The number of hydrogen-bond donors (Lipinski definition) is 0. The average molecular weight is 185 g/mol. The Morgan fingerprint density at radius 2 is 1.79 bits per heavy atom. The Balaban J connectivity index is 2.40. The number of nitrogens with zero attached hydrogens (tertiary/aromatic N) is 1. The Labute approximate surface area is 85.4 Å². The van der Waals surface area contributed by atoms with Crippen molar-refractivity contribution in [3.8, 4) is 0 Å². The molecule has 0 radical (unpaired) electrons. The molecule has 0 aliphatic carbocycles. The number of para-hydroxylation sites is 1. The lowest BCUT2D eigenvalue weighted by Gasteiger charge is -2.24. The molecule has 0 amide bonds. The van der Waals surface area contributed by atoms with Crippen molar-refractivity contribution in [1.29, 1.82) is 0 Å². The zero-order valence-electron chi connectivity index (χ0n) is 8.70. The van der Waals surface area contributed by atoms with Crippen molar-refractivity contribution in [1.82, 2.24) is 0 Å². The molecule has 1 nitrogen and oxygen atoms in total. The van der Waals surface area contributed by atoms with Crippen molar-refractivity contribution in [3.05, 3.63) is 53.8 Å². The van der Waals surface area contributed by atoms with Crippen LogP contribution in [0.15, 0.2) is 42.6 Å². The van der Waals surface area contributed by atoms with Gasteiger partial charge < -0.3 is 4.90 Å². The first kappa shape index (κ1) is 9.07. The van der Waals surface area contributed by atoms with Gasteiger partial charge in [-0.1, -0.05) is 30.4 Å². The van der Waals surface area contributed by atoms with E-state index >= 15 is 0 Å². The molecule has 0 bridgehead atoms. The van der Waals surface area contributed by atoms with Crippen LogP contribution < -0.4 is 4.90 Å². The predicted molar refractivity (Wildman–Crippen MR) is 61.5 cm³/mol. The van der Waals surface area contributed by atoms with Gasteiger partial charge >= 0.3 is 0 Å². The lowest BCUT2D eigenvalue weighted by molar-refractivity contribution is 1.05. The summed E-state index contributed by atoms with van der Waals surface area (Å²) in [5.41, 5.74) is 4.02. The Kier molecular flexibility index (Phi) is 2.40. The van der Waals surface area contributed by atoms with Crippen molar-refractivity contribution >= 4 is 5.69 Å². The van der Waals surface area contributed by atoms with Gasteiger partial charge in [-0.15, -0.1) is 0 Å². The molecule has 0 N–H and O–H groups in total. The number of rotatable bonds is 1. The molecule has 0 unspecified atom stereocenters. The molecule has 72 valence electrons. The van der Waals surface area contributed by atoms with Crippen molar-refractivity contribution in [2.75, 3.05) is 11.4 Å². The summed E-state index contributed by atoms with van der Waals surface area (Å²) < 4.78 is 0. The predicted octanol–water partition coefficient (Wildman–Crippen LogP) is 3.19. The first-order chi connectivity index (χ1) is 6.79. The maximum absolute atomic E-state index is 2.28. The second kappa shape index (κ2) is 3.70. The third kappa shape index (κ3) is 1.58. The van der Waals surface area contributed by atoms with Crippen LogP contribution in [0.5, 0.6) is 0 Å². The van der Waals surface area contributed by atoms with Crippen molar-refractivity contribution in [3.63, 3.8) is 0 Å². The molecule has 0 fully saturated rings. The number of benzene rings is 1. The summed E-state index contributed by atoms with van der Waals surface area (Å²) in [4.78, 5) is 2.28. The van der Waals surface area contributed by atoms with Crippen LogP contribution in [0.25, 0.3) is 0 Å². The second-order valence-electron chi connectivity index (χ2n) is 3.66. The van der Waals surface area contributed by atoms with Gasteiger partial charge in [0.15, 0.2) is 0 Å². The molecule has 0 spiro atoms. The number of allylic oxidation sites excluding steroid dienone is 2. The molecule has 1 aromatic rings. The van der Waals surface area contributed by atoms with E-state index < -0.39 is 0 Å². The van der Waals surface area contributed by atoms with Gasteiger partial charge in [-0.2, -0.15) is 0 Å². The molecule has 0 saturated carbocycles. The molecular formula is C13H15N. The first-order valence-corrected chi connectivity index (χ1v) is 4.95. The van der Waals surface area contributed by atoms with Gasteiger partial charge in [-0.3, -0.25) is 0 Å². The summed E-state index contributed by atoms with van der Waals surface area (Å²) in [5, 5.41) is 0. The van der Waals surface area contributed by atoms with Gasteiger partial charge in [0.25, 0.3) is 0 Å². The maximum Gasteiger partial charge on any atom is 0.0468 e. The van der Waals surface area contributed by atoms with E-state index in [9.17, 15) is 0 Å². The van der Waals surface area contributed by atoms with E-state index in [-0.39, 0.29) is 0 Å². The van der Waals surface area contributed by atoms with E-state index in [0.29, 0.717) is 0 Å². The van der Waals surface area contributed by atoms with Gasteiger partial charge in [0, 0.05) is 18.4 Å². The van der Waals surface area contributed by atoms with Crippen LogP contribution in [-0.4, -0.2) is 6.54 Å². The summed E-state index contributed by atoms with van der Waals surface area (Å²) in [6.07, 6.45) is 8.47. The molecule has 0 aromatic heterocycles. The average Bonchev–Trinajstić information content (AvgIpc) is 2.19. The Morgan fingerprint density at radius 3 is 2.36 bits per heavy atom. The van der Waals surface area contributed by atoms with E-state index in [1.54, 1.807) is 0 Å². The number of anilines is 1. The fourth-order valence-corrected chi connectivity index (χ4v) is 1.89. The van der Waals surface area contributed by atoms with Crippen LogP contribution >= 0.6 is 0 Å². The monoisotopic (exact) mass is 185 g/mol. The highest BCUT2D eigenvalue weighted by Gasteiger charge is 2.08. The molecule has 2 rings (SSSR count). The molecular weight excluding hydrogens is 170 g/mol. The zero-order chi connectivity index (χ0) is 9.97. The first-order valence-electron chi connectivity index (χ1n) is 4.95. The summed E-state index contributed by atoms with van der Waals surface area (Å²) in [6, 6.07) is 6.43. The van der Waals surface area contributed by atoms with Crippen LogP contribution in [0.2, 0.25) is 0 Å². The molecule has 14 heavy (non-hydrogen) atoms. The summed E-state index contributed by atoms with van der Waals surface area (Å²) >= 11 is 0. The highest BCUT2D eigenvalue weighted by atomic mass is 15.1.